The molecule has 0 aliphatic carbocycles. The molecule has 5 nitrogen and oxygen atoms in total. The number of halogens is 1. The van der Waals surface area contributed by atoms with Gasteiger partial charge in [-0.2, -0.15) is 0 Å². The van der Waals surface area contributed by atoms with Crippen molar-refractivity contribution in [3.8, 4) is 11.5 Å². The van der Waals surface area contributed by atoms with E-state index in [1.54, 1.807) is 61.8 Å². The number of nitrogens with zero attached hydrogens (tertiary/aromatic N) is 2. The van der Waals surface area contributed by atoms with Crippen LogP contribution in [0.2, 0.25) is 0 Å². The smallest absolute Gasteiger partial charge is 0.235 e. The standard InChI is InChI=1S/C20H19FN2O3S/c1-2-27(24,25)23(15-16-5-4-12-22-14-16)18-8-10-19(11-9-18)26-20-7-3-6-17(21)13-20/h3-14H,2,15H2,1H3. The molecule has 0 spiro atoms. The maximum atomic E-state index is 13.3. The molecule has 0 amide bonds. The summed E-state index contributed by atoms with van der Waals surface area (Å²) in [7, 11) is -3.47. The van der Waals surface area contributed by atoms with Gasteiger partial charge >= 0.3 is 0 Å². The second kappa shape index (κ2) is 8.18. The van der Waals surface area contributed by atoms with Gasteiger partial charge in [-0.1, -0.05) is 12.1 Å². The third-order valence-electron chi connectivity index (χ3n) is 3.91. The predicted octanol–water partition coefficient (Wildman–Crippen LogP) is 4.37. The van der Waals surface area contributed by atoms with E-state index in [1.165, 1.54) is 16.4 Å². The molecule has 0 bridgehead atoms. The van der Waals surface area contributed by atoms with Crippen LogP contribution in [-0.4, -0.2) is 19.2 Å². The van der Waals surface area contributed by atoms with E-state index in [4.69, 9.17) is 4.74 Å². The highest BCUT2D eigenvalue weighted by Gasteiger charge is 2.21. The lowest BCUT2D eigenvalue weighted by Crippen LogP contribution is -2.31. The van der Waals surface area contributed by atoms with Crippen LogP contribution in [0.5, 0.6) is 11.5 Å². The maximum absolute atomic E-state index is 13.3. The minimum atomic E-state index is -3.47. The number of pyridine rings is 1. The summed E-state index contributed by atoms with van der Waals surface area (Å²) in [4.78, 5) is 4.04. The first-order chi connectivity index (χ1) is 13.0. The molecule has 0 saturated heterocycles. The number of hydrogen-bond donors (Lipinski definition) is 0. The Balaban J connectivity index is 1.84. The molecule has 1 aromatic heterocycles. The number of benzene rings is 2. The quantitative estimate of drug-likeness (QED) is 0.605. The number of sulfonamides is 1. The van der Waals surface area contributed by atoms with Gasteiger partial charge in [0, 0.05) is 18.5 Å². The van der Waals surface area contributed by atoms with Gasteiger partial charge in [0.1, 0.15) is 17.3 Å². The van der Waals surface area contributed by atoms with Crippen LogP contribution < -0.4 is 9.04 Å². The van der Waals surface area contributed by atoms with Crippen molar-refractivity contribution < 1.29 is 17.5 Å². The van der Waals surface area contributed by atoms with Gasteiger partial charge in [-0.05, 0) is 55.0 Å². The van der Waals surface area contributed by atoms with Crippen LogP contribution in [0.4, 0.5) is 10.1 Å². The predicted molar refractivity (Wildman–Crippen MR) is 103 cm³/mol. The molecular weight excluding hydrogens is 367 g/mol. The Hall–Kier alpha value is -2.93. The lowest BCUT2D eigenvalue weighted by molar-refractivity contribution is 0.477. The van der Waals surface area contributed by atoms with Crippen LogP contribution in [0, 0.1) is 5.82 Å². The van der Waals surface area contributed by atoms with Crippen LogP contribution in [0.3, 0.4) is 0 Å². The zero-order valence-electron chi connectivity index (χ0n) is 14.7. The third-order valence-corrected chi connectivity index (χ3v) is 5.65. The van der Waals surface area contributed by atoms with Gasteiger partial charge in [0.15, 0.2) is 0 Å². The van der Waals surface area contributed by atoms with Crippen LogP contribution in [-0.2, 0) is 16.6 Å². The summed E-state index contributed by atoms with van der Waals surface area (Å²) < 4.78 is 45.3. The zero-order valence-corrected chi connectivity index (χ0v) is 15.6. The minimum absolute atomic E-state index is 0.0190. The molecule has 140 valence electrons. The molecule has 0 aliphatic rings. The fourth-order valence-corrected chi connectivity index (χ4v) is 3.61. The topological polar surface area (TPSA) is 59.5 Å². The Morgan fingerprint density at radius 1 is 1.04 bits per heavy atom. The first kappa shape index (κ1) is 18.8. The molecule has 0 fully saturated rings. The van der Waals surface area contributed by atoms with Crippen molar-refractivity contribution in [2.45, 2.75) is 13.5 Å². The van der Waals surface area contributed by atoms with Crippen molar-refractivity contribution in [1.82, 2.24) is 4.98 Å². The highest BCUT2D eigenvalue weighted by atomic mass is 32.2. The molecular formula is C20H19FN2O3S. The van der Waals surface area contributed by atoms with Crippen molar-refractivity contribution >= 4 is 15.7 Å². The van der Waals surface area contributed by atoms with Crippen LogP contribution in [0.1, 0.15) is 12.5 Å². The molecule has 0 saturated carbocycles. The average molecular weight is 386 g/mol. The first-order valence-electron chi connectivity index (χ1n) is 8.41. The van der Waals surface area contributed by atoms with Crippen molar-refractivity contribution in [1.29, 1.82) is 0 Å². The van der Waals surface area contributed by atoms with Crippen LogP contribution in [0.25, 0.3) is 0 Å². The lowest BCUT2D eigenvalue weighted by Gasteiger charge is -2.24. The van der Waals surface area contributed by atoms with Gasteiger partial charge in [0.25, 0.3) is 0 Å². The van der Waals surface area contributed by atoms with E-state index in [1.807, 2.05) is 6.07 Å². The van der Waals surface area contributed by atoms with E-state index in [2.05, 4.69) is 4.98 Å². The molecule has 3 aromatic rings. The van der Waals surface area contributed by atoms with E-state index in [0.29, 0.717) is 17.2 Å². The molecule has 1 heterocycles. The van der Waals surface area contributed by atoms with Crippen molar-refractivity contribution in [3.05, 3.63) is 84.4 Å². The largest absolute Gasteiger partial charge is 0.457 e. The van der Waals surface area contributed by atoms with Gasteiger partial charge in [0.2, 0.25) is 10.0 Å². The molecule has 0 radical (unpaired) electrons. The summed E-state index contributed by atoms with van der Waals surface area (Å²) in [6, 6.07) is 16.1. The summed E-state index contributed by atoms with van der Waals surface area (Å²) in [5.41, 5.74) is 1.31. The summed E-state index contributed by atoms with van der Waals surface area (Å²) >= 11 is 0. The SMILES string of the molecule is CCS(=O)(=O)N(Cc1cccnc1)c1ccc(Oc2cccc(F)c2)cc1. The Morgan fingerprint density at radius 2 is 1.81 bits per heavy atom. The van der Waals surface area contributed by atoms with Gasteiger partial charge < -0.3 is 4.74 Å². The van der Waals surface area contributed by atoms with Gasteiger partial charge in [-0.25, -0.2) is 12.8 Å². The Labute approximate surface area is 158 Å². The Bertz CT molecular complexity index is 993. The number of aromatic nitrogens is 1. The molecule has 0 N–H and O–H groups in total. The van der Waals surface area contributed by atoms with E-state index in [9.17, 15) is 12.8 Å². The number of ether oxygens (including phenoxy) is 1. The van der Waals surface area contributed by atoms with Crippen molar-refractivity contribution in [3.63, 3.8) is 0 Å². The monoisotopic (exact) mass is 386 g/mol. The molecule has 7 heteroatoms. The number of hydrogen-bond acceptors (Lipinski definition) is 4. The highest BCUT2D eigenvalue weighted by Crippen LogP contribution is 2.27. The van der Waals surface area contributed by atoms with Gasteiger partial charge in [-0.15, -0.1) is 0 Å². The highest BCUT2D eigenvalue weighted by molar-refractivity contribution is 7.92. The Morgan fingerprint density at radius 3 is 2.44 bits per heavy atom. The van der Waals surface area contributed by atoms with Gasteiger partial charge in [0.05, 0.1) is 18.0 Å². The molecule has 27 heavy (non-hydrogen) atoms. The zero-order chi connectivity index (χ0) is 19.3. The molecule has 2 aromatic carbocycles. The van der Waals surface area contributed by atoms with E-state index < -0.39 is 10.0 Å². The second-order valence-electron chi connectivity index (χ2n) is 5.82. The molecule has 3 rings (SSSR count). The summed E-state index contributed by atoms with van der Waals surface area (Å²) in [5.74, 6) is 0.450. The molecule has 0 atom stereocenters. The van der Waals surface area contributed by atoms with E-state index in [0.717, 1.165) is 5.56 Å². The van der Waals surface area contributed by atoms with Crippen LogP contribution >= 0.6 is 0 Å². The summed E-state index contributed by atoms with van der Waals surface area (Å²) in [5, 5.41) is 0. The maximum Gasteiger partial charge on any atom is 0.235 e. The fourth-order valence-electron chi connectivity index (χ4n) is 2.51. The Kier molecular flexibility index (Phi) is 5.71. The van der Waals surface area contributed by atoms with E-state index >= 15 is 0 Å². The fraction of sp³-hybridized carbons (Fsp3) is 0.150. The van der Waals surface area contributed by atoms with Gasteiger partial charge in [-0.3, -0.25) is 9.29 Å². The minimum Gasteiger partial charge on any atom is -0.457 e. The van der Waals surface area contributed by atoms with Crippen molar-refractivity contribution in [2.75, 3.05) is 10.1 Å². The first-order valence-corrected chi connectivity index (χ1v) is 10.0. The molecule has 0 unspecified atom stereocenters. The normalized spacial score (nSPS) is 11.2. The molecule has 0 aliphatic heterocycles. The van der Waals surface area contributed by atoms with E-state index in [-0.39, 0.29) is 18.1 Å². The van der Waals surface area contributed by atoms with Crippen LogP contribution in [0.15, 0.2) is 73.1 Å². The number of anilines is 1. The summed E-state index contributed by atoms with van der Waals surface area (Å²) in [6.07, 6.45) is 3.28. The number of rotatable bonds is 7. The lowest BCUT2D eigenvalue weighted by atomic mass is 10.2. The summed E-state index contributed by atoms with van der Waals surface area (Å²) in [6.45, 7) is 1.79. The average Bonchev–Trinajstić information content (AvgIpc) is 2.68. The third kappa shape index (κ3) is 4.83. The van der Waals surface area contributed by atoms with Crippen molar-refractivity contribution in [2.24, 2.45) is 0 Å². The second-order valence-corrected chi connectivity index (χ2v) is 8.00.